The summed E-state index contributed by atoms with van der Waals surface area (Å²) in [6.45, 7) is 3.80. The molecule has 1 saturated carbocycles. The largest absolute Gasteiger partial charge is 0.460 e. The monoisotopic (exact) mass is 467 g/mol. The molecule has 0 spiro atoms. The summed E-state index contributed by atoms with van der Waals surface area (Å²) in [5, 5.41) is -0.318. The number of nitrogens with zero attached hydrogens (tertiary/aromatic N) is 3. The number of amides is 2. The number of ether oxygens (including phenoxy) is 1. The Morgan fingerprint density at radius 1 is 0.969 bits per heavy atom. The molecule has 0 radical (unpaired) electrons. The summed E-state index contributed by atoms with van der Waals surface area (Å²) in [5.41, 5.74) is 0. The molecule has 3 aliphatic rings. The highest BCUT2D eigenvalue weighted by Crippen LogP contribution is 2.33. The Bertz CT molecular complexity index is 977. The normalized spacial score (nSPS) is 22.6. The Labute approximate surface area is 187 Å². The van der Waals surface area contributed by atoms with Gasteiger partial charge in [-0.15, -0.1) is 0 Å². The van der Waals surface area contributed by atoms with Gasteiger partial charge in [-0.1, -0.05) is 0 Å². The Hall–Kier alpha value is -2.40. The van der Waals surface area contributed by atoms with Crippen LogP contribution in [0.4, 0.5) is 0 Å². The van der Waals surface area contributed by atoms with Gasteiger partial charge in [0.25, 0.3) is 10.0 Å². The maximum atomic E-state index is 13.0. The van der Waals surface area contributed by atoms with Crippen molar-refractivity contribution in [3.05, 3.63) is 17.9 Å². The van der Waals surface area contributed by atoms with Gasteiger partial charge in [0.1, 0.15) is 0 Å². The molecule has 2 aliphatic heterocycles. The zero-order valence-electron chi connectivity index (χ0n) is 18.2. The number of piperazine rings is 1. The average Bonchev–Trinajstić information content (AvgIpc) is 3.53. The SMILES string of the molecule is CCOC(=O)c1ccc(S(=O)(=O)N2CCN(C(=O)C3CCCN(C(=O)C4CC4)C3)CC2)o1. The molecule has 1 atom stereocenters. The molecule has 11 heteroatoms. The van der Waals surface area contributed by atoms with E-state index in [0.29, 0.717) is 13.1 Å². The van der Waals surface area contributed by atoms with Crippen LogP contribution in [0, 0.1) is 11.8 Å². The molecule has 1 unspecified atom stereocenters. The van der Waals surface area contributed by atoms with Gasteiger partial charge in [-0.2, -0.15) is 4.31 Å². The molecule has 0 aromatic carbocycles. The van der Waals surface area contributed by atoms with E-state index in [1.165, 1.54) is 16.4 Å². The van der Waals surface area contributed by atoms with Gasteiger partial charge in [0.15, 0.2) is 0 Å². The number of piperidine rings is 1. The fourth-order valence-corrected chi connectivity index (χ4v) is 5.61. The number of likely N-dealkylation sites (tertiary alicyclic amines) is 1. The summed E-state index contributed by atoms with van der Waals surface area (Å²) in [4.78, 5) is 40.6. The van der Waals surface area contributed by atoms with E-state index in [0.717, 1.165) is 25.7 Å². The summed E-state index contributed by atoms with van der Waals surface area (Å²) >= 11 is 0. The number of carbonyl (C=O) groups excluding carboxylic acids is 3. The van der Waals surface area contributed by atoms with Crippen molar-refractivity contribution in [3.8, 4) is 0 Å². The molecule has 3 fully saturated rings. The van der Waals surface area contributed by atoms with Crippen LogP contribution in [0.3, 0.4) is 0 Å². The van der Waals surface area contributed by atoms with Crippen molar-refractivity contribution in [1.82, 2.24) is 14.1 Å². The van der Waals surface area contributed by atoms with Crippen LogP contribution in [0.15, 0.2) is 21.6 Å². The third-order valence-corrected chi connectivity index (χ3v) is 7.98. The predicted octanol–water partition coefficient (Wildman–Crippen LogP) is 0.938. The Kier molecular flexibility index (Phi) is 6.57. The van der Waals surface area contributed by atoms with Crippen molar-refractivity contribution in [2.24, 2.45) is 11.8 Å². The van der Waals surface area contributed by atoms with E-state index in [1.807, 2.05) is 4.90 Å². The maximum Gasteiger partial charge on any atom is 0.374 e. The maximum absolute atomic E-state index is 13.0. The van der Waals surface area contributed by atoms with Gasteiger partial charge >= 0.3 is 5.97 Å². The zero-order chi connectivity index (χ0) is 22.9. The van der Waals surface area contributed by atoms with Crippen LogP contribution in [0.5, 0.6) is 0 Å². The number of rotatable bonds is 6. The minimum Gasteiger partial charge on any atom is -0.460 e. The smallest absolute Gasteiger partial charge is 0.374 e. The van der Waals surface area contributed by atoms with E-state index in [1.54, 1.807) is 11.8 Å². The topological polar surface area (TPSA) is 117 Å². The summed E-state index contributed by atoms with van der Waals surface area (Å²) < 4.78 is 37.1. The van der Waals surface area contributed by atoms with E-state index in [9.17, 15) is 22.8 Å². The molecular weight excluding hydrogens is 438 g/mol. The van der Waals surface area contributed by atoms with E-state index in [-0.39, 0.29) is 67.3 Å². The lowest BCUT2D eigenvalue weighted by Crippen LogP contribution is -2.54. The second kappa shape index (κ2) is 9.22. The molecule has 1 aliphatic carbocycles. The fraction of sp³-hybridized carbons (Fsp3) is 0.667. The number of sulfonamides is 1. The third kappa shape index (κ3) is 4.68. The second-order valence-electron chi connectivity index (χ2n) is 8.47. The molecule has 1 aromatic rings. The number of hydrogen-bond donors (Lipinski definition) is 0. The van der Waals surface area contributed by atoms with Crippen LogP contribution in [-0.4, -0.2) is 86.2 Å². The van der Waals surface area contributed by atoms with Gasteiger partial charge in [0, 0.05) is 45.2 Å². The summed E-state index contributed by atoms with van der Waals surface area (Å²) in [6.07, 6.45) is 3.45. The summed E-state index contributed by atoms with van der Waals surface area (Å²) in [7, 11) is -3.92. The highest BCUT2D eigenvalue weighted by molar-refractivity contribution is 7.89. The van der Waals surface area contributed by atoms with Crippen molar-refractivity contribution >= 4 is 27.8 Å². The number of esters is 1. The molecule has 2 saturated heterocycles. The van der Waals surface area contributed by atoms with Crippen molar-refractivity contribution in [2.45, 2.75) is 37.7 Å². The first-order valence-electron chi connectivity index (χ1n) is 11.2. The zero-order valence-corrected chi connectivity index (χ0v) is 19.0. The van der Waals surface area contributed by atoms with Gasteiger partial charge in [-0.25, -0.2) is 13.2 Å². The Balaban J connectivity index is 1.33. The molecule has 176 valence electrons. The minimum absolute atomic E-state index is 0.0158. The first-order valence-corrected chi connectivity index (χ1v) is 12.6. The molecule has 3 heterocycles. The van der Waals surface area contributed by atoms with Gasteiger partial charge in [-0.05, 0) is 44.7 Å². The number of carbonyl (C=O) groups is 3. The van der Waals surface area contributed by atoms with Crippen LogP contribution in [0.1, 0.15) is 43.2 Å². The number of furan rings is 1. The van der Waals surface area contributed by atoms with E-state index in [4.69, 9.17) is 9.15 Å². The molecular formula is C21H29N3O7S. The van der Waals surface area contributed by atoms with Crippen LogP contribution < -0.4 is 0 Å². The molecule has 2 amide bonds. The Morgan fingerprint density at radius 3 is 2.31 bits per heavy atom. The predicted molar refractivity (Wildman–Crippen MR) is 112 cm³/mol. The second-order valence-corrected chi connectivity index (χ2v) is 10.3. The quantitative estimate of drug-likeness (QED) is 0.572. The van der Waals surface area contributed by atoms with E-state index in [2.05, 4.69) is 0 Å². The van der Waals surface area contributed by atoms with Crippen LogP contribution >= 0.6 is 0 Å². The van der Waals surface area contributed by atoms with Gasteiger partial charge in [-0.3, -0.25) is 9.59 Å². The molecule has 0 N–H and O–H groups in total. The van der Waals surface area contributed by atoms with Crippen molar-refractivity contribution in [2.75, 3.05) is 45.9 Å². The van der Waals surface area contributed by atoms with Gasteiger partial charge in [0.05, 0.1) is 12.5 Å². The summed E-state index contributed by atoms with van der Waals surface area (Å²) in [6, 6.07) is 2.52. The van der Waals surface area contributed by atoms with E-state index >= 15 is 0 Å². The van der Waals surface area contributed by atoms with Crippen LogP contribution in [0.25, 0.3) is 0 Å². The lowest BCUT2D eigenvalue weighted by atomic mass is 9.96. The standard InChI is InChI=1S/C21H29N3O7S/c1-2-30-21(27)17-7-8-18(31-17)32(28,29)24-12-10-22(11-13-24)20(26)16-4-3-9-23(14-16)19(25)15-5-6-15/h7-8,15-16H,2-6,9-14H2,1H3. The summed E-state index contributed by atoms with van der Waals surface area (Å²) in [5.74, 6) is -0.819. The molecule has 4 rings (SSSR count). The molecule has 10 nitrogen and oxygen atoms in total. The third-order valence-electron chi connectivity index (χ3n) is 6.21. The van der Waals surface area contributed by atoms with Crippen molar-refractivity contribution in [3.63, 3.8) is 0 Å². The Morgan fingerprint density at radius 2 is 1.66 bits per heavy atom. The first kappa shape index (κ1) is 22.8. The first-order chi connectivity index (χ1) is 15.3. The van der Waals surface area contributed by atoms with Gasteiger partial charge in [0.2, 0.25) is 22.7 Å². The van der Waals surface area contributed by atoms with E-state index < -0.39 is 16.0 Å². The fourth-order valence-electron chi connectivity index (χ4n) is 4.27. The van der Waals surface area contributed by atoms with Crippen LogP contribution in [0.2, 0.25) is 0 Å². The van der Waals surface area contributed by atoms with Crippen LogP contribution in [-0.2, 0) is 24.3 Å². The van der Waals surface area contributed by atoms with Gasteiger partial charge < -0.3 is 19.0 Å². The molecule has 0 bridgehead atoms. The highest BCUT2D eigenvalue weighted by atomic mass is 32.2. The molecule has 32 heavy (non-hydrogen) atoms. The molecule has 1 aromatic heterocycles. The highest BCUT2D eigenvalue weighted by Gasteiger charge is 2.39. The average molecular weight is 468 g/mol. The number of hydrogen-bond acceptors (Lipinski definition) is 7. The lowest BCUT2D eigenvalue weighted by molar-refractivity contribution is -0.142. The lowest BCUT2D eigenvalue weighted by Gasteiger charge is -2.38. The minimum atomic E-state index is -3.92. The van der Waals surface area contributed by atoms with Crippen molar-refractivity contribution in [1.29, 1.82) is 0 Å². The van der Waals surface area contributed by atoms with Crippen molar-refractivity contribution < 1.29 is 32.0 Å².